The number of rotatable bonds is 3. The first-order chi connectivity index (χ1) is 9.17. The summed E-state index contributed by atoms with van der Waals surface area (Å²) in [6.07, 6.45) is 2.21. The number of hydrogen-bond acceptors (Lipinski definition) is 3. The molecule has 1 fully saturated rings. The van der Waals surface area contributed by atoms with E-state index in [0.717, 1.165) is 30.5 Å². The molecule has 1 saturated heterocycles. The third kappa shape index (κ3) is 2.96. The second-order valence-corrected chi connectivity index (χ2v) is 5.32. The Morgan fingerprint density at radius 1 is 1.32 bits per heavy atom. The van der Waals surface area contributed by atoms with Crippen LogP contribution in [0, 0.1) is 5.92 Å². The fraction of sp³-hybridized carbons (Fsp3) is 0.533. The van der Waals surface area contributed by atoms with Crippen LogP contribution < -0.4 is 11.5 Å². The van der Waals surface area contributed by atoms with E-state index in [1.165, 1.54) is 0 Å². The molecular weight excluding hydrogens is 238 g/mol. The molecule has 2 unspecified atom stereocenters. The fourth-order valence-electron chi connectivity index (χ4n) is 2.81. The normalized spacial score (nSPS) is 23.4. The maximum atomic E-state index is 12.6. The first-order valence-corrected chi connectivity index (χ1v) is 6.97. The highest BCUT2D eigenvalue weighted by Gasteiger charge is 2.31. The first kappa shape index (κ1) is 14.0. The number of nitrogens with two attached hydrogens (primary N) is 2. The molecule has 0 radical (unpaired) electrons. The van der Waals surface area contributed by atoms with Crippen molar-refractivity contribution in [2.75, 3.05) is 13.1 Å². The number of likely N-dealkylation sites (tertiary alicyclic amines) is 1. The zero-order valence-corrected chi connectivity index (χ0v) is 11.5. The average molecular weight is 261 g/mol. The number of benzene rings is 1. The van der Waals surface area contributed by atoms with Crippen LogP contribution in [0.4, 0.5) is 0 Å². The topological polar surface area (TPSA) is 72.3 Å². The quantitative estimate of drug-likeness (QED) is 0.862. The van der Waals surface area contributed by atoms with Crippen LogP contribution in [0.2, 0.25) is 0 Å². The van der Waals surface area contributed by atoms with Crippen molar-refractivity contribution in [3.8, 4) is 0 Å². The van der Waals surface area contributed by atoms with Gasteiger partial charge in [0.1, 0.15) is 0 Å². The van der Waals surface area contributed by atoms with E-state index < -0.39 is 0 Å². The summed E-state index contributed by atoms with van der Waals surface area (Å²) >= 11 is 0. The molecule has 4 heteroatoms. The Bertz CT molecular complexity index is 430. The van der Waals surface area contributed by atoms with Crippen molar-refractivity contribution >= 4 is 5.91 Å². The van der Waals surface area contributed by atoms with Crippen LogP contribution >= 0.6 is 0 Å². The van der Waals surface area contributed by atoms with E-state index in [0.29, 0.717) is 19.0 Å². The highest BCUT2D eigenvalue weighted by molar-refractivity contribution is 5.94. The minimum atomic E-state index is 0.0885. The van der Waals surface area contributed by atoms with E-state index in [-0.39, 0.29) is 11.9 Å². The van der Waals surface area contributed by atoms with Crippen molar-refractivity contribution in [1.82, 2.24) is 4.90 Å². The molecule has 1 aliphatic heterocycles. The van der Waals surface area contributed by atoms with Crippen molar-refractivity contribution in [1.29, 1.82) is 0 Å². The molecule has 0 bridgehead atoms. The highest BCUT2D eigenvalue weighted by Crippen LogP contribution is 2.24. The van der Waals surface area contributed by atoms with Gasteiger partial charge in [-0.05, 0) is 36.5 Å². The van der Waals surface area contributed by atoms with E-state index in [2.05, 4.69) is 6.92 Å². The fourth-order valence-corrected chi connectivity index (χ4v) is 2.81. The van der Waals surface area contributed by atoms with Gasteiger partial charge in [0.2, 0.25) is 0 Å². The molecule has 1 aromatic carbocycles. The lowest BCUT2D eigenvalue weighted by molar-refractivity contribution is 0.0532. The van der Waals surface area contributed by atoms with E-state index in [9.17, 15) is 4.79 Å². The van der Waals surface area contributed by atoms with Crippen molar-refractivity contribution < 1.29 is 4.79 Å². The average Bonchev–Trinajstić information content (AvgIpc) is 2.46. The monoisotopic (exact) mass is 261 g/mol. The Labute approximate surface area is 114 Å². The van der Waals surface area contributed by atoms with Crippen molar-refractivity contribution in [3.05, 3.63) is 35.4 Å². The Kier molecular flexibility index (Phi) is 4.56. The summed E-state index contributed by atoms with van der Waals surface area (Å²) in [5, 5.41) is 0. The Hall–Kier alpha value is -1.39. The second kappa shape index (κ2) is 6.17. The van der Waals surface area contributed by atoms with Crippen LogP contribution in [0.1, 0.15) is 35.7 Å². The zero-order chi connectivity index (χ0) is 13.8. The number of carbonyl (C=O) groups excluding carboxylic acids is 1. The third-order valence-electron chi connectivity index (χ3n) is 4.05. The summed E-state index contributed by atoms with van der Waals surface area (Å²) < 4.78 is 0. The molecule has 0 aromatic heterocycles. The van der Waals surface area contributed by atoms with Gasteiger partial charge in [-0.15, -0.1) is 0 Å². The minimum Gasteiger partial charge on any atom is -0.334 e. The first-order valence-electron chi connectivity index (χ1n) is 6.97. The minimum absolute atomic E-state index is 0.0885. The Morgan fingerprint density at radius 3 is 2.58 bits per heavy atom. The van der Waals surface area contributed by atoms with Gasteiger partial charge in [0, 0.05) is 31.2 Å². The second-order valence-electron chi connectivity index (χ2n) is 5.32. The molecule has 19 heavy (non-hydrogen) atoms. The summed E-state index contributed by atoms with van der Waals surface area (Å²) in [4.78, 5) is 14.5. The predicted octanol–water partition coefficient (Wildman–Crippen LogP) is 1.34. The molecular formula is C15H23N3O. The van der Waals surface area contributed by atoms with Gasteiger partial charge in [0.15, 0.2) is 0 Å². The standard InChI is InChI=1S/C15H23N3O/c1-11-3-2-8-18(14(11)10-17)15(19)13-6-4-12(9-16)5-7-13/h4-7,11,14H,2-3,8-10,16-17H2,1H3. The number of hydrogen-bond donors (Lipinski definition) is 2. The lowest BCUT2D eigenvalue weighted by Gasteiger charge is -2.39. The molecule has 1 aromatic rings. The van der Waals surface area contributed by atoms with E-state index >= 15 is 0 Å². The number of nitrogens with zero attached hydrogens (tertiary/aromatic N) is 1. The summed E-state index contributed by atoms with van der Waals surface area (Å²) in [5.74, 6) is 0.566. The van der Waals surface area contributed by atoms with Gasteiger partial charge in [-0.25, -0.2) is 0 Å². The van der Waals surface area contributed by atoms with Gasteiger partial charge in [0.25, 0.3) is 5.91 Å². The lowest BCUT2D eigenvalue weighted by Crippen LogP contribution is -2.51. The SMILES string of the molecule is CC1CCCN(C(=O)c2ccc(CN)cc2)C1CN. The maximum absolute atomic E-state index is 12.6. The zero-order valence-electron chi connectivity index (χ0n) is 11.5. The van der Waals surface area contributed by atoms with Gasteiger partial charge < -0.3 is 16.4 Å². The smallest absolute Gasteiger partial charge is 0.254 e. The molecule has 1 aliphatic rings. The molecule has 0 aliphatic carbocycles. The van der Waals surface area contributed by atoms with Gasteiger partial charge in [-0.2, -0.15) is 0 Å². The molecule has 0 saturated carbocycles. The molecule has 4 N–H and O–H groups in total. The Balaban J connectivity index is 2.16. The number of amides is 1. The van der Waals surface area contributed by atoms with Crippen molar-refractivity contribution in [3.63, 3.8) is 0 Å². The van der Waals surface area contributed by atoms with Crippen LogP contribution in [0.3, 0.4) is 0 Å². The van der Waals surface area contributed by atoms with Crippen molar-refractivity contribution in [2.24, 2.45) is 17.4 Å². The van der Waals surface area contributed by atoms with Gasteiger partial charge in [0.05, 0.1) is 0 Å². The predicted molar refractivity (Wildman–Crippen MR) is 76.6 cm³/mol. The lowest BCUT2D eigenvalue weighted by atomic mass is 9.90. The van der Waals surface area contributed by atoms with Crippen LogP contribution in [-0.2, 0) is 6.54 Å². The number of carbonyl (C=O) groups is 1. The summed E-state index contributed by atoms with van der Waals surface area (Å²) in [5.41, 5.74) is 13.2. The van der Waals surface area contributed by atoms with E-state index in [1.807, 2.05) is 29.2 Å². The molecule has 1 heterocycles. The molecule has 1 amide bonds. The van der Waals surface area contributed by atoms with Crippen LogP contribution in [0.15, 0.2) is 24.3 Å². The van der Waals surface area contributed by atoms with E-state index in [4.69, 9.17) is 11.5 Å². The van der Waals surface area contributed by atoms with Gasteiger partial charge in [-0.3, -0.25) is 4.79 Å². The van der Waals surface area contributed by atoms with Crippen LogP contribution in [0.25, 0.3) is 0 Å². The van der Waals surface area contributed by atoms with Crippen LogP contribution in [0.5, 0.6) is 0 Å². The summed E-state index contributed by atoms with van der Waals surface area (Å²) in [6, 6.07) is 7.71. The molecule has 0 spiro atoms. The molecule has 4 nitrogen and oxygen atoms in total. The molecule has 2 rings (SSSR count). The largest absolute Gasteiger partial charge is 0.334 e. The van der Waals surface area contributed by atoms with Gasteiger partial charge >= 0.3 is 0 Å². The molecule has 104 valence electrons. The molecule has 2 atom stereocenters. The van der Waals surface area contributed by atoms with Crippen LogP contribution in [-0.4, -0.2) is 29.9 Å². The van der Waals surface area contributed by atoms with Gasteiger partial charge in [-0.1, -0.05) is 19.1 Å². The number of piperidine rings is 1. The summed E-state index contributed by atoms with van der Waals surface area (Å²) in [7, 11) is 0. The Morgan fingerprint density at radius 2 is 2.00 bits per heavy atom. The summed E-state index contributed by atoms with van der Waals surface area (Å²) in [6.45, 7) is 4.02. The third-order valence-corrected chi connectivity index (χ3v) is 4.05. The maximum Gasteiger partial charge on any atom is 0.254 e. The van der Waals surface area contributed by atoms with E-state index in [1.54, 1.807) is 0 Å². The highest BCUT2D eigenvalue weighted by atomic mass is 16.2. The van der Waals surface area contributed by atoms with Crippen molar-refractivity contribution in [2.45, 2.75) is 32.4 Å².